The number of hydrogen-bond donors (Lipinski definition) is 3. The van der Waals surface area contributed by atoms with E-state index in [2.05, 4.69) is 68.1 Å². The van der Waals surface area contributed by atoms with E-state index in [0.717, 1.165) is 19.0 Å². The summed E-state index contributed by atoms with van der Waals surface area (Å²) in [4.78, 5) is 9.11. The van der Waals surface area contributed by atoms with E-state index in [9.17, 15) is 0 Å². The van der Waals surface area contributed by atoms with Crippen LogP contribution in [0.15, 0.2) is 58.1 Å². The molecular formula is C21H26N6O. The molecule has 3 aromatic rings. The standard InChI is InChI=1S/C21H26N6O/c1-2-22-20(23-14-18-25-19(27-26-18)17-10-6-13-28-17)24-15-21(11-7-12-21)16-8-4-3-5-9-16/h3-6,8-10,13H,2,7,11-12,14-15H2,1H3,(H2,22,23,24)(H,25,26,27). The van der Waals surface area contributed by atoms with Gasteiger partial charge in [-0.05, 0) is 37.5 Å². The number of guanidine groups is 1. The van der Waals surface area contributed by atoms with Crippen molar-refractivity contribution < 1.29 is 4.42 Å². The molecule has 3 N–H and O–H groups in total. The van der Waals surface area contributed by atoms with E-state index in [4.69, 9.17) is 4.42 Å². The number of aromatic nitrogens is 3. The third-order valence-corrected chi connectivity index (χ3v) is 5.30. The van der Waals surface area contributed by atoms with Crippen molar-refractivity contribution in [2.75, 3.05) is 13.1 Å². The quantitative estimate of drug-likeness (QED) is 0.434. The number of nitrogens with one attached hydrogen (secondary N) is 3. The molecule has 0 spiro atoms. The highest BCUT2D eigenvalue weighted by atomic mass is 16.3. The van der Waals surface area contributed by atoms with Crippen LogP contribution in [0.25, 0.3) is 11.6 Å². The molecule has 0 amide bonds. The SMILES string of the molecule is CCNC(=NCc1nc(-c2ccco2)n[nH]1)NCC1(c2ccccc2)CCC1. The number of nitrogens with zero attached hydrogens (tertiary/aromatic N) is 3. The Morgan fingerprint density at radius 2 is 2.04 bits per heavy atom. The largest absolute Gasteiger partial charge is 0.461 e. The van der Waals surface area contributed by atoms with Crippen molar-refractivity contribution in [3.63, 3.8) is 0 Å². The van der Waals surface area contributed by atoms with Gasteiger partial charge in [0, 0.05) is 18.5 Å². The average Bonchev–Trinajstić information content (AvgIpc) is 3.37. The molecule has 0 unspecified atom stereocenters. The average molecular weight is 378 g/mol. The maximum atomic E-state index is 5.33. The number of aliphatic imine (C=N–C) groups is 1. The first-order valence-corrected chi connectivity index (χ1v) is 9.82. The van der Waals surface area contributed by atoms with Crippen molar-refractivity contribution in [2.45, 2.75) is 38.1 Å². The van der Waals surface area contributed by atoms with Crippen LogP contribution in [0.3, 0.4) is 0 Å². The predicted molar refractivity (Wildman–Crippen MR) is 109 cm³/mol. The molecule has 28 heavy (non-hydrogen) atoms. The summed E-state index contributed by atoms with van der Waals surface area (Å²) in [5, 5.41) is 14.0. The molecule has 4 rings (SSSR count). The van der Waals surface area contributed by atoms with Crippen LogP contribution in [-0.4, -0.2) is 34.2 Å². The Bertz CT molecular complexity index is 896. The number of aromatic amines is 1. The maximum absolute atomic E-state index is 5.33. The Morgan fingerprint density at radius 3 is 2.71 bits per heavy atom. The van der Waals surface area contributed by atoms with Crippen molar-refractivity contribution in [2.24, 2.45) is 4.99 Å². The third kappa shape index (κ3) is 3.93. The molecule has 7 nitrogen and oxygen atoms in total. The first-order chi connectivity index (χ1) is 13.8. The summed E-state index contributed by atoms with van der Waals surface area (Å²) in [6.07, 6.45) is 5.30. The normalized spacial score (nSPS) is 15.8. The minimum atomic E-state index is 0.205. The van der Waals surface area contributed by atoms with E-state index in [1.165, 1.54) is 24.8 Å². The minimum absolute atomic E-state index is 0.205. The second-order valence-electron chi connectivity index (χ2n) is 7.13. The van der Waals surface area contributed by atoms with Gasteiger partial charge < -0.3 is 15.1 Å². The van der Waals surface area contributed by atoms with Crippen LogP contribution in [0.4, 0.5) is 0 Å². The Morgan fingerprint density at radius 1 is 1.18 bits per heavy atom. The molecule has 0 saturated heterocycles. The summed E-state index contributed by atoms with van der Waals surface area (Å²) in [6.45, 7) is 4.16. The summed E-state index contributed by atoms with van der Waals surface area (Å²) in [7, 11) is 0. The van der Waals surface area contributed by atoms with Gasteiger partial charge in [-0.25, -0.2) is 9.98 Å². The van der Waals surface area contributed by atoms with Crippen LogP contribution in [-0.2, 0) is 12.0 Å². The highest BCUT2D eigenvalue weighted by molar-refractivity contribution is 5.79. The molecule has 146 valence electrons. The number of rotatable bonds is 7. The molecule has 2 heterocycles. The number of benzene rings is 1. The predicted octanol–water partition coefficient (Wildman–Crippen LogP) is 3.24. The Balaban J connectivity index is 1.41. The van der Waals surface area contributed by atoms with Crippen molar-refractivity contribution in [1.82, 2.24) is 25.8 Å². The molecule has 0 radical (unpaired) electrons. The van der Waals surface area contributed by atoms with E-state index in [0.29, 0.717) is 24.0 Å². The van der Waals surface area contributed by atoms with E-state index in [1.807, 2.05) is 12.1 Å². The zero-order valence-corrected chi connectivity index (χ0v) is 16.1. The van der Waals surface area contributed by atoms with Crippen LogP contribution in [0, 0.1) is 0 Å². The topological polar surface area (TPSA) is 91.1 Å². The second kappa shape index (κ2) is 8.29. The van der Waals surface area contributed by atoms with Crippen molar-refractivity contribution in [3.8, 4) is 11.6 Å². The lowest BCUT2D eigenvalue weighted by atomic mass is 9.64. The van der Waals surface area contributed by atoms with Gasteiger partial charge in [0.25, 0.3) is 0 Å². The monoisotopic (exact) mass is 378 g/mol. The Kier molecular flexibility index (Phi) is 5.41. The molecule has 1 aliphatic carbocycles. The van der Waals surface area contributed by atoms with E-state index in [-0.39, 0.29) is 5.41 Å². The van der Waals surface area contributed by atoms with Gasteiger partial charge in [0.1, 0.15) is 12.4 Å². The molecule has 2 aromatic heterocycles. The number of H-pyrrole nitrogens is 1. The number of furan rings is 1. The van der Waals surface area contributed by atoms with Gasteiger partial charge in [0.15, 0.2) is 11.7 Å². The van der Waals surface area contributed by atoms with Crippen LogP contribution in [0.1, 0.15) is 37.6 Å². The second-order valence-corrected chi connectivity index (χ2v) is 7.13. The summed E-state index contributed by atoms with van der Waals surface area (Å²) >= 11 is 0. The molecule has 1 saturated carbocycles. The van der Waals surface area contributed by atoms with Crippen LogP contribution in [0.5, 0.6) is 0 Å². The molecule has 1 aliphatic rings. The van der Waals surface area contributed by atoms with Gasteiger partial charge in [-0.1, -0.05) is 36.8 Å². The molecule has 7 heteroatoms. The first-order valence-electron chi connectivity index (χ1n) is 9.82. The van der Waals surface area contributed by atoms with Gasteiger partial charge >= 0.3 is 0 Å². The summed E-state index contributed by atoms with van der Waals surface area (Å²) < 4.78 is 5.33. The fourth-order valence-electron chi connectivity index (χ4n) is 3.59. The minimum Gasteiger partial charge on any atom is -0.461 e. The van der Waals surface area contributed by atoms with Crippen molar-refractivity contribution in [1.29, 1.82) is 0 Å². The van der Waals surface area contributed by atoms with Crippen LogP contribution in [0.2, 0.25) is 0 Å². The molecule has 1 aromatic carbocycles. The van der Waals surface area contributed by atoms with Gasteiger partial charge in [0.05, 0.1) is 6.26 Å². The highest BCUT2D eigenvalue weighted by Crippen LogP contribution is 2.43. The lowest BCUT2D eigenvalue weighted by molar-refractivity contribution is 0.244. The lowest BCUT2D eigenvalue weighted by Gasteiger charge is -2.43. The van der Waals surface area contributed by atoms with Crippen molar-refractivity contribution >= 4 is 5.96 Å². The molecule has 0 atom stereocenters. The summed E-state index contributed by atoms with van der Waals surface area (Å²) in [6, 6.07) is 14.4. The fraction of sp³-hybridized carbons (Fsp3) is 0.381. The van der Waals surface area contributed by atoms with Crippen LogP contribution >= 0.6 is 0 Å². The van der Waals surface area contributed by atoms with Crippen LogP contribution < -0.4 is 10.6 Å². The highest BCUT2D eigenvalue weighted by Gasteiger charge is 2.38. The van der Waals surface area contributed by atoms with Gasteiger partial charge in [-0.3, -0.25) is 5.10 Å². The van der Waals surface area contributed by atoms with E-state index in [1.54, 1.807) is 6.26 Å². The fourth-order valence-corrected chi connectivity index (χ4v) is 3.59. The lowest BCUT2D eigenvalue weighted by Crippen LogP contribution is -2.48. The molecule has 1 fully saturated rings. The molecular weight excluding hydrogens is 352 g/mol. The summed E-state index contributed by atoms with van der Waals surface area (Å²) in [5.74, 6) is 2.68. The summed E-state index contributed by atoms with van der Waals surface area (Å²) in [5.41, 5.74) is 1.61. The van der Waals surface area contributed by atoms with Gasteiger partial charge in [-0.2, -0.15) is 0 Å². The smallest absolute Gasteiger partial charge is 0.216 e. The number of hydrogen-bond acceptors (Lipinski definition) is 4. The zero-order chi connectivity index (χ0) is 19.2. The maximum Gasteiger partial charge on any atom is 0.216 e. The third-order valence-electron chi connectivity index (χ3n) is 5.30. The zero-order valence-electron chi connectivity index (χ0n) is 16.1. The molecule has 0 aliphatic heterocycles. The van der Waals surface area contributed by atoms with Gasteiger partial charge in [0.2, 0.25) is 5.82 Å². The Hall–Kier alpha value is -3.09. The van der Waals surface area contributed by atoms with E-state index >= 15 is 0 Å². The van der Waals surface area contributed by atoms with Gasteiger partial charge in [-0.15, -0.1) is 5.10 Å². The van der Waals surface area contributed by atoms with E-state index < -0.39 is 0 Å². The first kappa shape index (κ1) is 18.3. The molecule has 0 bridgehead atoms. The van der Waals surface area contributed by atoms with Crippen molar-refractivity contribution in [3.05, 3.63) is 60.1 Å². The Labute approximate surface area is 164 Å².